The summed E-state index contributed by atoms with van der Waals surface area (Å²) < 4.78 is 0.719. The highest BCUT2D eigenvalue weighted by atomic mass is 32.2. The van der Waals surface area contributed by atoms with Crippen LogP contribution in [0.1, 0.15) is 10.6 Å². The molecule has 0 saturated carbocycles. The molecule has 0 aliphatic heterocycles. The maximum Gasteiger partial charge on any atom is 0.276 e. The van der Waals surface area contributed by atoms with Gasteiger partial charge in [-0.15, -0.1) is 10.2 Å². The van der Waals surface area contributed by atoms with E-state index in [1.807, 2.05) is 6.92 Å². The Bertz CT molecular complexity index is 641. The summed E-state index contributed by atoms with van der Waals surface area (Å²) in [6, 6.07) is 3.60. The lowest BCUT2D eigenvalue weighted by molar-refractivity contribution is -0.394. The minimum Gasteiger partial charge on any atom is -0.258 e. The second-order valence-electron chi connectivity index (χ2n) is 3.75. The minimum atomic E-state index is -0.643. The Balaban J connectivity index is 2.21. The summed E-state index contributed by atoms with van der Waals surface area (Å²) in [4.78, 5) is 20.2. The molecular weight excluding hydrogens is 304 g/mol. The van der Waals surface area contributed by atoms with Crippen LogP contribution in [0.3, 0.4) is 0 Å². The van der Waals surface area contributed by atoms with Crippen LogP contribution >= 0.6 is 23.1 Å². The molecular formula is C10H8N4O4S2. The van der Waals surface area contributed by atoms with E-state index in [4.69, 9.17) is 0 Å². The van der Waals surface area contributed by atoms with Crippen LogP contribution in [0.5, 0.6) is 0 Å². The molecule has 0 atom stereocenters. The first-order valence-electron chi connectivity index (χ1n) is 5.31. The molecule has 0 spiro atoms. The molecule has 0 bridgehead atoms. The highest BCUT2D eigenvalue weighted by molar-refractivity contribution is 8.00. The van der Waals surface area contributed by atoms with E-state index in [-0.39, 0.29) is 11.4 Å². The van der Waals surface area contributed by atoms with Crippen molar-refractivity contribution in [1.82, 2.24) is 10.2 Å². The quantitative estimate of drug-likeness (QED) is 0.474. The fraction of sp³-hybridized carbons (Fsp3) is 0.200. The Morgan fingerprint density at radius 3 is 2.20 bits per heavy atom. The number of nitro benzene ring substituents is 2. The molecule has 0 aliphatic carbocycles. The maximum absolute atomic E-state index is 10.8. The summed E-state index contributed by atoms with van der Waals surface area (Å²) in [5.74, 6) is 0.358. The summed E-state index contributed by atoms with van der Waals surface area (Å²) in [6.45, 7) is 1.82. The molecule has 10 heteroatoms. The van der Waals surface area contributed by atoms with Crippen LogP contribution in [0.4, 0.5) is 11.4 Å². The van der Waals surface area contributed by atoms with Crippen molar-refractivity contribution < 1.29 is 9.85 Å². The fourth-order valence-corrected chi connectivity index (χ4v) is 3.18. The number of benzene rings is 1. The second kappa shape index (κ2) is 5.92. The number of hydrogen-bond acceptors (Lipinski definition) is 8. The standard InChI is InChI=1S/C10H8N4O4S2/c1-6-11-12-10(20-6)19-5-7-2-8(13(15)16)4-9(3-7)14(17)18/h2-4H,5H2,1H3. The fourth-order valence-electron chi connectivity index (χ4n) is 1.43. The van der Waals surface area contributed by atoms with Gasteiger partial charge in [0, 0.05) is 17.9 Å². The first-order chi connectivity index (χ1) is 9.45. The lowest BCUT2D eigenvalue weighted by Gasteiger charge is -2.00. The summed E-state index contributed by atoms with van der Waals surface area (Å²) in [5, 5.41) is 30.1. The summed E-state index contributed by atoms with van der Waals surface area (Å²) >= 11 is 2.74. The van der Waals surface area contributed by atoms with Crippen molar-refractivity contribution in [3.8, 4) is 0 Å². The van der Waals surface area contributed by atoms with Crippen LogP contribution in [0.15, 0.2) is 22.5 Å². The summed E-state index contributed by atoms with van der Waals surface area (Å²) in [6.07, 6.45) is 0. The van der Waals surface area contributed by atoms with Gasteiger partial charge in [-0.2, -0.15) is 0 Å². The van der Waals surface area contributed by atoms with E-state index in [0.717, 1.165) is 15.4 Å². The highest BCUT2D eigenvalue weighted by Crippen LogP contribution is 2.29. The van der Waals surface area contributed by atoms with E-state index in [0.29, 0.717) is 11.3 Å². The van der Waals surface area contributed by atoms with Crippen molar-refractivity contribution in [1.29, 1.82) is 0 Å². The van der Waals surface area contributed by atoms with E-state index in [2.05, 4.69) is 10.2 Å². The number of non-ortho nitro benzene ring substituents is 2. The number of hydrogen-bond donors (Lipinski definition) is 0. The number of nitro groups is 2. The molecule has 1 heterocycles. The second-order valence-corrected chi connectivity index (χ2v) is 6.15. The van der Waals surface area contributed by atoms with E-state index in [1.165, 1.54) is 35.2 Å². The molecule has 2 aromatic rings. The summed E-state index contributed by atoms with van der Waals surface area (Å²) in [7, 11) is 0. The van der Waals surface area contributed by atoms with Gasteiger partial charge in [0.05, 0.1) is 15.9 Å². The van der Waals surface area contributed by atoms with Crippen LogP contribution in [-0.4, -0.2) is 20.0 Å². The molecule has 1 aromatic heterocycles. The zero-order chi connectivity index (χ0) is 14.7. The number of aryl methyl sites for hydroxylation is 1. The Labute approximate surface area is 121 Å². The molecule has 0 radical (unpaired) electrons. The van der Waals surface area contributed by atoms with Crippen LogP contribution < -0.4 is 0 Å². The SMILES string of the molecule is Cc1nnc(SCc2cc([N+](=O)[O-])cc([N+](=O)[O-])c2)s1. The Kier molecular flexibility index (Phi) is 4.25. The number of aromatic nitrogens is 2. The van der Waals surface area contributed by atoms with Crippen LogP contribution in [0.2, 0.25) is 0 Å². The van der Waals surface area contributed by atoms with Gasteiger partial charge >= 0.3 is 0 Å². The van der Waals surface area contributed by atoms with Crippen LogP contribution in [-0.2, 0) is 5.75 Å². The van der Waals surface area contributed by atoms with E-state index >= 15 is 0 Å². The van der Waals surface area contributed by atoms with Crippen molar-refractivity contribution in [2.24, 2.45) is 0 Å². The van der Waals surface area contributed by atoms with Gasteiger partial charge in [-0.1, -0.05) is 23.1 Å². The minimum absolute atomic E-state index is 0.289. The maximum atomic E-state index is 10.8. The van der Waals surface area contributed by atoms with Crippen LogP contribution in [0, 0.1) is 27.2 Å². The zero-order valence-electron chi connectivity index (χ0n) is 10.2. The molecule has 0 N–H and O–H groups in total. The molecule has 0 amide bonds. The van der Waals surface area contributed by atoms with Gasteiger partial charge in [0.25, 0.3) is 11.4 Å². The number of thioether (sulfide) groups is 1. The third-order valence-electron chi connectivity index (χ3n) is 2.25. The Hall–Kier alpha value is -2.07. The van der Waals surface area contributed by atoms with E-state index in [1.54, 1.807) is 0 Å². The van der Waals surface area contributed by atoms with Gasteiger partial charge in [-0.05, 0) is 12.5 Å². The third-order valence-corrected chi connectivity index (χ3v) is 4.30. The van der Waals surface area contributed by atoms with Crippen molar-refractivity contribution in [2.75, 3.05) is 0 Å². The van der Waals surface area contributed by atoms with Crippen molar-refractivity contribution >= 4 is 34.5 Å². The average Bonchev–Trinajstić information content (AvgIpc) is 2.81. The van der Waals surface area contributed by atoms with Crippen LogP contribution in [0.25, 0.3) is 0 Å². The van der Waals surface area contributed by atoms with Gasteiger partial charge in [0.2, 0.25) is 0 Å². The predicted molar refractivity (Wildman–Crippen MR) is 74.0 cm³/mol. The molecule has 104 valence electrons. The van der Waals surface area contributed by atoms with Crippen molar-refractivity contribution in [2.45, 2.75) is 17.0 Å². The van der Waals surface area contributed by atoms with E-state index in [9.17, 15) is 20.2 Å². The normalized spacial score (nSPS) is 10.4. The third kappa shape index (κ3) is 3.48. The van der Waals surface area contributed by atoms with Crippen molar-refractivity contribution in [3.63, 3.8) is 0 Å². The highest BCUT2D eigenvalue weighted by Gasteiger charge is 2.16. The van der Waals surface area contributed by atoms with Gasteiger partial charge in [0.15, 0.2) is 4.34 Å². The average molecular weight is 312 g/mol. The van der Waals surface area contributed by atoms with Gasteiger partial charge < -0.3 is 0 Å². The first kappa shape index (κ1) is 14.3. The molecule has 1 aromatic carbocycles. The van der Waals surface area contributed by atoms with Gasteiger partial charge in [0.1, 0.15) is 5.01 Å². The Morgan fingerprint density at radius 2 is 1.75 bits per heavy atom. The van der Waals surface area contributed by atoms with Gasteiger partial charge in [-0.3, -0.25) is 20.2 Å². The summed E-state index contributed by atoms with van der Waals surface area (Å²) in [5.41, 5.74) is -0.0739. The predicted octanol–water partition coefficient (Wildman–Crippen LogP) is 2.96. The molecule has 8 nitrogen and oxygen atoms in total. The number of nitrogens with zero attached hydrogens (tertiary/aromatic N) is 4. The van der Waals surface area contributed by atoms with E-state index < -0.39 is 9.85 Å². The smallest absolute Gasteiger partial charge is 0.258 e. The molecule has 20 heavy (non-hydrogen) atoms. The first-order valence-corrected chi connectivity index (χ1v) is 7.11. The lowest BCUT2D eigenvalue weighted by Crippen LogP contribution is -1.95. The molecule has 0 fully saturated rings. The largest absolute Gasteiger partial charge is 0.276 e. The number of rotatable bonds is 5. The topological polar surface area (TPSA) is 112 Å². The van der Waals surface area contributed by atoms with Crippen molar-refractivity contribution in [3.05, 3.63) is 49.0 Å². The van der Waals surface area contributed by atoms with Gasteiger partial charge in [-0.25, -0.2) is 0 Å². The molecule has 0 unspecified atom stereocenters. The Morgan fingerprint density at radius 1 is 1.15 bits per heavy atom. The molecule has 2 rings (SSSR count). The lowest BCUT2D eigenvalue weighted by atomic mass is 10.2. The zero-order valence-corrected chi connectivity index (χ0v) is 11.8. The monoisotopic (exact) mass is 312 g/mol. The molecule has 0 saturated heterocycles. The molecule has 0 aliphatic rings.